The van der Waals surface area contributed by atoms with Crippen LogP contribution in [0.1, 0.15) is 21.5 Å². The van der Waals surface area contributed by atoms with E-state index in [4.69, 9.17) is 0 Å². The molecular formula is C15H14N2O4. The Morgan fingerprint density at radius 2 is 1.86 bits per heavy atom. The summed E-state index contributed by atoms with van der Waals surface area (Å²) in [6, 6.07) is 8.81. The number of non-ortho nitro benzene ring substituents is 1. The third-order valence-electron chi connectivity index (χ3n) is 3.13. The summed E-state index contributed by atoms with van der Waals surface area (Å²) >= 11 is 0. The highest BCUT2D eigenvalue weighted by Crippen LogP contribution is 2.22. The summed E-state index contributed by atoms with van der Waals surface area (Å²) in [5.41, 5.74) is 1.90. The van der Waals surface area contributed by atoms with Crippen molar-refractivity contribution in [2.75, 3.05) is 5.32 Å². The van der Waals surface area contributed by atoms with E-state index in [1.54, 1.807) is 26.0 Å². The van der Waals surface area contributed by atoms with Gasteiger partial charge in [-0.3, -0.25) is 14.9 Å². The Morgan fingerprint density at radius 3 is 2.48 bits per heavy atom. The van der Waals surface area contributed by atoms with Crippen LogP contribution in [0.2, 0.25) is 0 Å². The van der Waals surface area contributed by atoms with Gasteiger partial charge in [-0.25, -0.2) is 0 Å². The van der Waals surface area contributed by atoms with Crippen molar-refractivity contribution in [1.29, 1.82) is 0 Å². The molecule has 108 valence electrons. The molecule has 0 saturated carbocycles. The first-order valence-corrected chi connectivity index (χ1v) is 6.24. The number of nitrogens with one attached hydrogen (secondary N) is 1. The smallest absolute Gasteiger partial charge is 0.270 e. The number of nitro benzene ring substituents is 1. The average molecular weight is 286 g/mol. The van der Waals surface area contributed by atoms with E-state index in [0.29, 0.717) is 16.8 Å². The molecule has 2 aromatic carbocycles. The fraction of sp³-hybridized carbons (Fsp3) is 0.133. The van der Waals surface area contributed by atoms with E-state index in [0.717, 1.165) is 0 Å². The van der Waals surface area contributed by atoms with E-state index in [1.165, 1.54) is 24.3 Å². The summed E-state index contributed by atoms with van der Waals surface area (Å²) in [5.74, 6) is -0.291. The Hall–Kier alpha value is -2.89. The number of rotatable bonds is 3. The van der Waals surface area contributed by atoms with Gasteiger partial charge in [-0.2, -0.15) is 0 Å². The Kier molecular flexibility index (Phi) is 3.89. The molecule has 0 aliphatic heterocycles. The number of nitro groups is 1. The largest absolute Gasteiger partial charge is 0.508 e. The second-order valence-corrected chi connectivity index (χ2v) is 4.71. The minimum absolute atomic E-state index is 0.132. The number of amides is 1. The Labute approximate surface area is 121 Å². The zero-order valence-corrected chi connectivity index (χ0v) is 11.6. The Morgan fingerprint density at radius 1 is 1.14 bits per heavy atom. The number of carbonyl (C=O) groups is 1. The zero-order chi connectivity index (χ0) is 15.6. The number of carbonyl (C=O) groups excluding carboxylic acids is 1. The summed E-state index contributed by atoms with van der Waals surface area (Å²) in [4.78, 5) is 22.4. The second kappa shape index (κ2) is 5.62. The summed E-state index contributed by atoms with van der Waals surface area (Å²) < 4.78 is 0. The number of hydrogen-bond acceptors (Lipinski definition) is 4. The molecule has 0 fully saturated rings. The van der Waals surface area contributed by atoms with Gasteiger partial charge in [-0.1, -0.05) is 6.07 Å². The fourth-order valence-electron chi connectivity index (χ4n) is 1.90. The molecule has 0 aliphatic carbocycles. The van der Waals surface area contributed by atoms with Crippen molar-refractivity contribution < 1.29 is 14.8 Å². The van der Waals surface area contributed by atoms with Crippen molar-refractivity contribution in [3.05, 3.63) is 63.2 Å². The van der Waals surface area contributed by atoms with Crippen LogP contribution in [0.15, 0.2) is 36.4 Å². The van der Waals surface area contributed by atoms with Gasteiger partial charge >= 0.3 is 0 Å². The molecular weight excluding hydrogens is 272 g/mol. The first kappa shape index (κ1) is 14.5. The van der Waals surface area contributed by atoms with Gasteiger partial charge < -0.3 is 10.4 Å². The van der Waals surface area contributed by atoms with Crippen LogP contribution in [-0.2, 0) is 0 Å². The third kappa shape index (κ3) is 3.17. The molecule has 0 aliphatic rings. The van der Waals surface area contributed by atoms with Crippen LogP contribution in [0.25, 0.3) is 0 Å². The van der Waals surface area contributed by atoms with Crippen molar-refractivity contribution in [3.8, 4) is 5.75 Å². The maximum atomic E-state index is 12.2. The van der Waals surface area contributed by atoms with Crippen LogP contribution >= 0.6 is 0 Å². The predicted octanol–water partition coefficient (Wildman–Crippen LogP) is 3.17. The summed E-state index contributed by atoms with van der Waals surface area (Å²) in [7, 11) is 0. The van der Waals surface area contributed by atoms with Gasteiger partial charge in [0.15, 0.2) is 0 Å². The average Bonchev–Trinajstić information content (AvgIpc) is 2.43. The molecule has 0 unspecified atom stereocenters. The Balaban J connectivity index is 2.29. The van der Waals surface area contributed by atoms with E-state index < -0.39 is 10.8 Å². The van der Waals surface area contributed by atoms with Gasteiger partial charge in [0.2, 0.25) is 0 Å². The number of phenols is 1. The van der Waals surface area contributed by atoms with Crippen molar-refractivity contribution in [1.82, 2.24) is 0 Å². The summed E-state index contributed by atoms with van der Waals surface area (Å²) in [6.07, 6.45) is 0. The van der Waals surface area contributed by atoms with Gasteiger partial charge in [-0.05, 0) is 43.2 Å². The monoisotopic (exact) mass is 286 g/mol. The number of nitrogens with zero attached hydrogens (tertiary/aromatic N) is 1. The molecule has 2 aromatic rings. The molecule has 0 heterocycles. The van der Waals surface area contributed by atoms with Crippen LogP contribution in [-0.4, -0.2) is 15.9 Å². The van der Waals surface area contributed by atoms with Gasteiger partial charge in [0.25, 0.3) is 11.6 Å². The topological polar surface area (TPSA) is 92.5 Å². The molecule has 2 N–H and O–H groups in total. The lowest BCUT2D eigenvalue weighted by atomic mass is 10.1. The number of aromatic hydroxyl groups is 1. The van der Waals surface area contributed by atoms with Crippen molar-refractivity contribution in [2.24, 2.45) is 0 Å². The molecule has 0 aromatic heterocycles. The van der Waals surface area contributed by atoms with E-state index >= 15 is 0 Å². The van der Waals surface area contributed by atoms with Crippen LogP contribution in [0.4, 0.5) is 11.4 Å². The number of aryl methyl sites for hydroxylation is 2. The highest BCUT2D eigenvalue weighted by molar-refractivity contribution is 6.05. The fourth-order valence-corrected chi connectivity index (χ4v) is 1.90. The standard InChI is InChI=1S/C15H14N2O4/c1-9-3-5-12(17(20)21)8-13(9)15(19)16-11-4-6-14(18)10(2)7-11/h3-8,18H,1-2H3,(H,16,19). The second-order valence-electron chi connectivity index (χ2n) is 4.71. The molecule has 0 radical (unpaired) electrons. The van der Waals surface area contributed by atoms with Gasteiger partial charge in [0.05, 0.1) is 4.92 Å². The minimum Gasteiger partial charge on any atom is -0.508 e. The lowest BCUT2D eigenvalue weighted by Gasteiger charge is -2.09. The van der Waals surface area contributed by atoms with E-state index in [2.05, 4.69) is 5.32 Å². The lowest BCUT2D eigenvalue weighted by Crippen LogP contribution is -2.13. The van der Waals surface area contributed by atoms with Crippen LogP contribution in [0.3, 0.4) is 0 Å². The zero-order valence-electron chi connectivity index (χ0n) is 11.6. The molecule has 0 atom stereocenters. The van der Waals surface area contributed by atoms with Crippen LogP contribution in [0, 0.1) is 24.0 Å². The van der Waals surface area contributed by atoms with Crippen LogP contribution < -0.4 is 5.32 Å². The third-order valence-corrected chi connectivity index (χ3v) is 3.13. The lowest BCUT2D eigenvalue weighted by molar-refractivity contribution is -0.384. The molecule has 6 nitrogen and oxygen atoms in total. The normalized spacial score (nSPS) is 10.2. The minimum atomic E-state index is -0.541. The number of phenolic OH excluding ortho intramolecular Hbond substituents is 1. The van der Waals surface area contributed by atoms with Crippen molar-refractivity contribution in [3.63, 3.8) is 0 Å². The highest BCUT2D eigenvalue weighted by Gasteiger charge is 2.15. The molecule has 0 saturated heterocycles. The van der Waals surface area contributed by atoms with Crippen molar-refractivity contribution in [2.45, 2.75) is 13.8 Å². The van der Waals surface area contributed by atoms with Gasteiger partial charge in [-0.15, -0.1) is 0 Å². The molecule has 6 heteroatoms. The molecule has 2 rings (SSSR count). The maximum Gasteiger partial charge on any atom is 0.270 e. The summed E-state index contributed by atoms with van der Waals surface area (Å²) in [5, 5.41) is 22.9. The molecule has 1 amide bonds. The summed E-state index contributed by atoms with van der Waals surface area (Å²) in [6.45, 7) is 3.42. The molecule has 21 heavy (non-hydrogen) atoms. The van der Waals surface area contributed by atoms with Crippen LogP contribution in [0.5, 0.6) is 5.75 Å². The van der Waals surface area contributed by atoms with E-state index in [1.807, 2.05) is 0 Å². The quantitative estimate of drug-likeness (QED) is 0.515. The Bertz CT molecular complexity index is 726. The SMILES string of the molecule is Cc1cc(NC(=O)c2cc([N+](=O)[O-])ccc2C)ccc1O. The molecule has 0 bridgehead atoms. The number of benzene rings is 2. The predicted molar refractivity (Wildman–Crippen MR) is 78.6 cm³/mol. The first-order chi connectivity index (χ1) is 9.88. The molecule has 0 spiro atoms. The first-order valence-electron chi connectivity index (χ1n) is 6.24. The van der Waals surface area contributed by atoms with E-state index in [9.17, 15) is 20.0 Å². The van der Waals surface area contributed by atoms with E-state index in [-0.39, 0.29) is 17.0 Å². The van der Waals surface area contributed by atoms with Crippen molar-refractivity contribution >= 4 is 17.3 Å². The number of anilines is 1. The van der Waals surface area contributed by atoms with Gasteiger partial charge in [0.1, 0.15) is 5.75 Å². The number of hydrogen-bond donors (Lipinski definition) is 2. The highest BCUT2D eigenvalue weighted by atomic mass is 16.6. The maximum absolute atomic E-state index is 12.2. The van der Waals surface area contributed by atoms with Gasteiger partial charge in [0, 0.05) is 23.4 Å².